The van der Waals surface area contributed by atoms with Gasteiger partial charge in [0.25, 0.3) is 7.82 Å². The van der Waals surface area contributed by atoms with Gasteiger partial charge in [0.15, 0.2) is 0 Å². The summed E-state index contributed by atoms with van der Waals surface area (Å²) in [5.74, 6) is 1.29. The van der Waals surface area contributed by atoms with Crippen molar-refractivity contribution in [2.75, 3.05) is 26.4 Å². The average molecular weight is 765 g/mol. The van der Waals surface area contributed by atoms with E-state index in [1.807, 2.05) is 48.5 Å². The van der Waals surface area contributed by atoms with Crippen LogP contribution in [0.4, 0.5) is 22.7 Å². The molecular formula is C42H54N4NaO6P. The molecule has 0 spiro atoms. The van der Waals surface area contributed by atoms with Crippen LogP contribution in [0.25, 0.3) is 0 Å². The zero-order valence-corrected chi connectivity index (χ0v) is 35.1. The summed E-state index contributed by atoms with van der Waals surface area (Å²) in [6.07, 6.45) is 12.9. The Kier molecular flexibility index (Phi) is 22.2. The Morgan fingerprint density at radius 1 is 0.463 bits per heavy atom. The quantitative estimate of drug-likeness (QED) is 0.0271. The number of phosphoric ester groups is 1. The molecule has 10 nitrogen and oxygen atoms in total. The van der Waals surface area contributed by atoms with E-state index in [1.165, 1.54) is 62.5 Å². The fourth-order valence-electron chi connectivity index (χ4n) is 5.31. The normalized spacial score (nSPS) is 12.5. The second-order valence-corrected chi connectivity index (χ2v) is 14.3. The Hall–Kier alpha value is -3.21. The van der Waals surface area contributed by atoms with Crippen LogP contribution in [0.15, 0.2) is 118 Å². The summed E-state index contributed by atoms with van der Waals surface area (Å²) >= 11 is 0. The number of hydrogen-bond donors (Lipinski definition) is 0. The predicted molar refractivity (Wildman–Crippen MR) is 210 cm³/mol. The number of unbranched alkanes of at least 4 members (excludes halogenated alkanes) is 6. The summed E-state index contributed by atoms with van der Waals surface area (Å²) in [6.45, 7) is 4.92. The number of nitrogens with zero attached hydrogens (tertiary/aromatic N) is 4. The summed E-state index contributed by atoms with van der Waals surface area (Å²) in [5.41, 5.74) is 5.68. The molecule has 284 valence electrons. The van der Waals surface area contributed by atoms with E-state index in [2.05, 4.69) is 58.6 Å². The van der Waals surface area contributed by atoms with Crippen LogP contribution < -0.4 is 43.9 Å². The van der Waals surface area contributed by atoms with Crippen LogP contribution in [0.1, 0.15) is 89.2 Å². The van der Waals surface area contributed by atoms with E-state index in [-0.39, 0.29) is 56.0 Å². The molecule has 0 aliphatic carbocycles. The third-order valence-electron chi connectivity index (χ3n) is 8.36. The van der Waals surface area contributed by atoms with E-state index in [1.54, 1.807) is 24.3 Å². The minimum atomic E-state index is -4.43. The Morgan fingerprint density at radius 2 is 0.796 bits per heavy atom. The van der Waals surface area contributed by atoms with E-state index < -0.39 is 7.82 Å². The average Bonchev–Trinajstić information content (AvgIpc) is 3.18. The maximum atomic E-state index is 12.1. The van der Waals surface area contributed by atoms with Crippen molar-refractivity contribution in [3.05, 3.63) is 108 Å². The maximum absolute atomic E-state index is 12.1. The van der Waals surface area contributed by atoms with Gasteiger partial charge in [0.1, 0.15) is 11.5 Å². The summed E-state index contributed by atoms with van der Waals surface area (Å²) in [6, 6.07) is 30.9. The molecule has 0 atom stereocenters. The molecule has 0 aliphatic heterocycles. The molecule has 4 aromatic carbocycles. The molecule has 0 N–H and O–H groups in total. The van der Waals surface area contributed by atoms with Crippen molar-refractivity contribution in [3.8, 4) is 11.5 Å². The van der Waals surface area contributed by atoms with Crippen molar-refractivity contribution < 1.29 is 57.5 Å². The monoisotopic (exact) mass is 764 g/mol. The van der Waals surface area contributed by atoms with Gasteiger partial charge in [0, 0.05) is 12.8 Å². The van der Waals surface area contributed by atoms with E-state index in [0.29, 0.717) is 35.7 Å². The molecule has 0 saturated heterocycles. The van der Waals surface area contributed by atoms with Crippen LogP contribution in [0.3, 0.4) is 0 Å². The topological polar surface area (TPSA) is 126 Å². The van der Waals surface area contributed by atoms with Gasteiger partial charge < -0.3 is 23.4 Å². The fourth-order valence-corrected chi connectivity index (χ4v) is 6.09. The second-order valence-electron chi connectivity index (χ2n) is 12.9. The van der Waals surface area contributed by atoms with Crippen molar-refractivity contribution >= 4 is 30.6 Å². The number of rotatable bonds is 26. The zero-order chi connectivity index (χ0) is 37.4. The van der Waals surface area contributed by atoms with Gasteiger partial charge in [-0.2, -0.15) is 20.5 Å². The molecule has 4 aromatic rings. The van der Waals surface area contributed by atoms with Crippen molar-refractivity contribution in [2.24, 2.45) is 20.5 Å². The molecule has 0 aliphatic rings. The van der Waals surface area contributed by atoms with Gasteiger partial charge in [-0.05, 0) is 110 Å². The minimum Gasteiger partial charge on any atom is -0.756 e. The Bertz CT molecular complexity index is 1570. The number of aryl methyl sites for hydroxylation is 2. The van der Waals surface area contributed by atoms with Crippen LogP contribution in [-0.2, 0) is 26.5 Å². The smallest absolute Gasteiger partial charge is 0.756 e. The zero-order valence-electron chi connectivity index (χ0n) is 32.2. The van der Waals surface area contributed by atoms with Crippen molar-refractivity contribution in [2.45, 2.75) is 90.9 Å². The fraction of sp³-hybridized carbons (Fsp3) is 0.429. The molecule has 0 heterocycles. The SMILES string of the molecule is CCCCCCc1ccc(N=Nc2ccc(OCCCOP(=O)([O-])OCCCOc3ccc(N=Nc4ccc(CCCCCC)cc4)cc3)cc2)cc1.[Na+]. The molecular weight excluding hydrogens is 710 g/mol. The first kappa shape index (κ1) is 45.2. The third kappa shape index (κ3) is 18.9. The van der Waals surface area contributed by atoms with Crippen molar-refractivity contribution in [3.63, 3.8) is 0 Å². The first-order valence-electron chi connectivity index (χ1n) is 19.0. The van der Waals surface area contributed by atoms with Crippen molar-refractivity contribution in [1.82, 2.24) is 0 Å². The molecule has 0 aromatic heterocycles. The predicted octanol–water partition coefficient (Wildman–Crippen LogP) is 9.51. The van der Waals surface area contributed by atoms with Gasteiger partial charge in [-0.25, -0.2) is 0 Å². The Labute approximate surface area is 343 Å². The molecule has 0 unspecified atom stereocenters. The largest absolute Gasteiger partial charge is 1.00 e. The van der Waals surface area contributed by atoms with Gasteiger partial charge in [-0.3, -0.25) is 4.57 Å². The minimum absolute atomic E-state index is 0. The van der Waals surface area contributed by atoms with Gasteiger partial charge in [-0.1, -0.05) is 76.6 Å². The number of benzene rings is 4. The van der Waals surface area contributed by atoms with Crippen LogP contribution in [0.2, 0.25) is 0 Å². The summed E-state index contributed by atoms with van der Waals surface area (Å²) < 4.78 is 33.5. The van der Waals surface area contributed by atoms with E-state index >= 15 is 0 Å². The number of hydrogen-bond acceptors (Lipinski definition) is 10. The molecule has 0 amide bonds. The van der Waals surface area contributed by atoms with E-state index in [4.69, 9.17) is 18.5 Å². The Morgan fingerprint density at radius 3 is 1.13 bits per heavy atom. The van der Waals surface area contributed by atoms with Gasteiger partial charge in [-0.15, -0.1) is 0 Å². The van der Waals surface area contributed by atoms with Crippen molar-refractivity contribution in [1.29, 1.82) is 0 Å². The molecule has 0 fully saturated rings. The van der Waals surface area contributed by atoms with E-state index in [0.717, 1.165) is 24.2 Å². The second kappa shape index (κ2) is 26.6. The number of azo groups is 2. The molecule has 12 heteroatoms. The standard InChI is InChI=1S/C42H55N4O6P.Na/c1-3-5-7-9-13-35-15-19-37(20-16-35)43-45-39-23-27-41(28-24-39)49-31-11-33-51-53(47,48)52-34-12-32-50-42-29-25-40(26-30-42)46-44-38-21-17-36(18-22-38)14-10-8-6-4-2;/h15-30H,3-14,31-34H2,1-2H3,(H,47,48);/q;+1/p-1. The maximum Gasteiger partial charge on any atom is 1.00 e. The van der Waals surface area contributed by atoms with Gasteiger partial charge in [0.2, 0.25) is 0 Å². The third-order valence-corrected chi connectivity index (χ3v) is 9.36. The van der Waals surface area contributed by atoms with Gasteiger partial charge >= 0.3 is 29.6 Å². The Balaban J connectivity index is 0.00000784. The van der Waals surface area contributed by atoms with Crippen LogP contribution >= 0.6 is 7.82 Å². The van der Waals surface area contributed by atoms with Crippen LogP contribution in [-0.4, -0.2) is 26.4 Å². The molecule has 4 rings (SSSR count). The summed E-state index contributed by atoms with van der Waals surface area (Å²) in [4.78, 5) is 12.1. The van der Waals surface area contributed by atoms with E-state index in [9.17, 15) is 9.46 Å². The first-order valence-corrected chi connectivity index (χ1v) is 20.5. The van der Waals surface area contributed by atoms with Gasteiger partial charge in [0.05, 0.1) is 49.2 Å². The summed E-state index contributed by atoms with van der Waals surface area (Å²) in [5, 5.41) is 17.3. The number of phosphoric acid groups is 1. The first-order chi connectivity index (χ1) is 25.9. The van der Waals surface area contributed by atoms with Crippen LogP contribution in [0, 0.1) is 0 Å². The molecule has 0 saturated carbocycles. The number of ether oxygens (including phenoxy) is 2. The molecule has 54 heavy (non-hydrogen) atoms. The summed E-state index contributed by atoms with van der Waals surface area (Å²) in [7, 11) is -4.43. The van der Waals surface area contributed by atoms with Crippen LogP contribution in [0.5, 0.6) is 11.5 Å². The molecule has 0 bridgehead atoms. The molecule has 0 radical (unpaired) electrons.